The minimum atomic E-state index is -1.01. The van der Waals surface area contributed by atoms with Crippen molar-refractivity contribution in [3.05, 3.63) is 41.5 Å². The SMILES string of the molecule is CCCc1cc(-c2cnc(C)nc2)cc(C(=N)C(C)=O)c1NCC(=O)O. The lowest BCUT2D eigenvalue weighted by Crippen LogP contribution is -2.19. The van der Waals surface area contributed by atoms with E-state index in [0.717, 1.165) is 23.1 Å². The first-order chi connectivity index (χ1) is 12.3. The normalized spacial score (nSPS) is 10.4. The minimum Gasteiger partial charge on any atom is -0.480 e. The Morgan fingerprint density at radius 3 is 2.38 bits per heavy atom. The Kier molecular flexibility index (Phi) is 6.16. The van der Waals surface area contributed by atoms with Crippen molar-refractivity contribution in [3.63, 3.8) is 0 Å². The highest BCUT2D eigenvalue weighted by atomic mass is 16.4. The second-order valence-corrected chi connectivity index (χ2v) is 6.01. The number of aromatic nitrogens is 2. The lowest BCUT2D eigenvalue weighted by Gasteiger charge is -2.18. The Hall–Kier alpha value is -3.09. The van der Waals surface area contributed by atoms with Crippen molar-refractivity contribution in [3.8, 4) is 11.1 Å². The molecule has 7 heteroatoms. The first-order valence-electron chi connectivity index (χ1n) is 8.35. The van der Waals surface area contributed by atoms with Crippen LogP contribution < -0.4 is 5.32 Å². The van der Waals surface area contributed by atoms with E-state index < -0.39 is 5.97 Å². The molecule has 0 fully saturated rings. The van der Waals surface area contributed by atoms with Crippen LogP contribution in [0.3, 0.4) is 0 Å². The van der Waals surface area contributed by atoms with Crippen molar-refractivity contribution in [2.24, 2.45) is 0 Å². The largest absolute Gasteiger partial charge is 0.480 e. The van der Waals surface area contributed by atoms with Gasteiger partial charge in [0, 0.05) is 36.1 Å². The number of hydrogen-bond donors (Lipinski definition) is 3. The van der Waals surface area contributed by atoms with Crippen LogP contribution in [0.1, 0.15) is 37.2 Å². The summed E-state index contributed by atoms with van der Waals surface area (Å²) >= 11 is 0. The van der Waals surface area contributed by atoms with Crippen LogP contribution in [-0.2, 0) is 16.0 Å². The molecule has 0 aliphatic carbocycles. The number of nitrogens with one attached hydrogen (secondary N) is 2. The summed E-state index contributed by atoms with van der Waals surface area (Å²) in [6, 6.07) is 3.64. The molecular formula is C19H22N4O3. The maximum absolute atomic E-state index is 11.8. The summed E-state index contributed by atoms with van der Waals surface area (Å²) in [6.45, 7) is 4.84. The van der Waals surface area contributed by atoms with E-state index in [1.807, 2.05) is 13.0 Å². The highest BCUT2D eigenvalue weighted by molar-refractivity contribution is 6.45. The molecule has 0 saturated heterocycles. The quantitative estimate of drug-likeness (QED) is 0.628. The third-order valence-electron chi connectivity index (χ3n) is 3.89. The van der Waals surface area contributed by atoms with E-state index in [-0.39, 0.29) is 18.0 Å². The van der Waals surface area contributed by atoms with Crippen molar-refractivity contribution in [1.29, 1.82) is 5.41 Å². The van der Waals surface area contributed by atoms with Gasteiger partial charge in [0.25, 0.3) is 0 Å². The highest BCUT2D eigenvalue weighted by Crippen LogP contribution is 2.30. The van der Waals surface area contributed by atoms with Crippen molar-refractivity contribution >= 4 is 23.2 Å². The van der Waals surface area contributed by atoms with Crippen LogP contribution in [0, 0.1) is 12.3 Å². The van der Waals surface area contributed by atoms with Crippen LogP contribution in [0.2, 0.25) is 0 Å². The summed E-state index contributed by atoms with van der Waals surface area (Å²) < 4.78 is 0. The number of nitrogens with zero attached hydrogens (tertiary/aromatic N) is 2. The Labute approximate surface area is 152 Å². The van der Waals surface area contributed by atoms with E-state index in [1.165, 1.54) is 6.92 Å². The summed E-state index contributed by atoms with van der Waals surface area (Å²) in [5, 5.41) is 20.0. The van der Waals surface area contributed by atoms with E-state index in [2.05, 4.69) is 15.3 Å². The van der Waals surface area contributed by atoms with Gasteiger partial charge in [-0.25, -0.2) is 9.97 Å². The van der Waals surface area contributed by atoms with Gasteiger partial charge in [-0.3, -0.25) is 15.0 Å². The van der Waals surface area contributed by atoms with Crippen molar-refractivity contribution in [2.45, 2.75) is 33.6 Å². The summed E-state index contributed by atoms with van der Waals surface area (Å²) in [4.78, 5) is 31.2. The molecule has 1 heterocycles. The van der Waals surface area contributed by atoms with Crippen LogP contribution in [-0.4, -0.2) is 39.1 Å². The van der Waals surface area contributed by atoms with E-state index in [4.69, 9.17) is 10.5 Å². The van der Waals surface area contributed by atoms with Gasteiger partial charge in [0.1, 0.15) is 18.1 Å². The fourth-order valence-corrected chi connectivity index (χ4v) is 2.64. The Bertz CT molecular complexity index is 845. The van der Waals surface area contributed by atoms with Crippen LogP contribution in [0.15, 0.2) is 24.5 Å². The molecular weight excluding hydrogens is 332 g/mol. The van der Waals surface area contributed by atoms with Crippen LogP contribution in [0.5, 0.6) is 0 Å². The highest BCUT2D eigenvalue weighted by Gasteiger charge is 2.18. The van der Waals surface area contributed by atoms with Gasteiger partial charge in [-0.05, 0) is 36.6 Å². The zero-order chi connectivity index (χ0) is 19.3. The number of anilines is 1. The van der Waals surface area contributed by atoms with Crippen molar-refractivity contribution in [1.82, 2.24) is 9.97 Å². The molecule has 0 aliphatic rings. The molecule has 1 aromatic carbocycles. The third kappa shape index (κ3) is 4.50. The topological polar surface area (TPSA) is 116 Å². The van der Waals surface area contributed by atoms with Crippen LogP contribution >= 0.6 is 0 Å². The van der Waals surface area contributed by atoms with E-state index >= 15 is 0 Å². The Morgan fingerprint density at radius 2 is 1.85 bits per heavy atom. The van der Waals surface area contributed by atoms with Crippen LogP contribution in [0.4, 0.5) is 5.69 Å². The summed E-state index contributed by atoms with van der Waals surface area (Å²) in [5.41, 5.74) is 3.16. The second kappa shape index (κ2) is 8.33. The van der Waals surface area contributed by atoms with Gasteiger partial charge in [-0.2, -0.15) is 0 Å². The molecule has 0 saturated carbocycles. The number of aliphatic carboxylic acids is 1. The van der Waals surface area contributed by atoms with E-state index in [1.54, 1.807) is 25.4 Å². The number of carbonyl (C=O) groups is 2. The molecule has 0 spiro atoms. The first-order valence-corrected chi connectivity index (χ1v) is 8.35. The number of benzene rings is 1. The van der Waals surface area contributed by atoms with Gasteiger partial charge in [-0.1, -0.05) is 13.3 Å². The molecule has 1 aromatic heterocycles. The lowest BCUT2D eigenvalue weighted by atomic mass is 9.93. The average Bonchev–Trinajstić information content (AvgIpc) is 2.60. The van der Waals surface area contributed by atoms with Crippen LogP contribution in [0.25, 0.3) is 11.1 Å². The molecule has 0 unspecified atom stereocenters. The number of carbonyl (C=O) groups excluding carboxylic acids is 1. The number of ketones is 1. The van der Waals surface area contributed by atoms with Gasteiger partial charge in [0.2, 0.25) is 0 Å². The van der Waals surface area contributed by atoms with Gasteiger partial charge in [-0.15, -0.1) is 0 Å². The molecule has 26 heavy (non-hydrogen) atoms. The van der Waals surface area contributed by atoms with Crippen molar-refractivity contribution < 1.29 is 14.7 Å². The summed E-state index contributed by atoms with van der Waals surface area (Å²) in [6.07, 6.45) is 4.90. The third-order valence-corrected chi connectivity index (χ3v) is 3.89. The van der Waals surface area contributed by atoms with Crippen molar-refractivity contribution in [2.75, 3.05) is 11.9 Å². The van der Waals surface area contributed by atoms with Gasteiger partial charge in [0.05, 0.1) is 0 Å². The van der Waals surface area contributed by atoms with E-state index in [0.29, 0.717) is 23.5 Å². The van der Waals surface area contributed by atoms with E-state index in [9.17, 15) is 9.59 Å². The molecule has 0 aliphatic heterocycles. The van der Waals surface area contributed by atoms with Gasteiger partial charge in [0.15, 0.2) is 5.78 Å². The van der Waals surface area contributed by atoms with Gasteiger partial charge >= 0.3 is 5.97 Å². The number of Topliss-reactive ketones (excluding diaryl/α,β-unsaturated/α-hetero) is 1. The zero-order valence-electron chi connectivity index (χ0n) is 15.1. The number of carboxylic acid groups (broad SMARTS) is 1. The fourth-order valence-electron chi connectivity index (χ4n) is 2.64. The molecule has 0 radical (unpaired) electrons. The molecule has 0 atom stereocenters. The molecule has 2 rings (SSSR count). The fraction of sp³-hybridized carbons (Fsp3) is 0.316. The number of carboxylic acids is 1. The average molecular weight is 354 g/mol. The predicted molar refractivity (Wildman–Crippen MR) is 99.8 cm³/mol. The number of rotatable bonds is 8. The Balaban J connectivity index is 2.64. The monoisotopic (exact) mass is 354 g/mol. The predicted octanol–water partition coefficient (Wildman–Crippen LogP) is 2.86. The second-order valence-electron chi connectivity index (χ2n) is 6.01. The standard InChI is InChI=1S/C19H22N4O3/c1-4-5-13-6-14(15-8-21-12(3)22-9-15)7-16(18(20)11(2)24)19(13)23-10-17(25)26/h6-9,20,23H,4-5,10H2,1-3H3,(H,25,26). The lowest BCUT2D eigenvalue weighted by molar-refractivity contribution is -0.134. The smallest absolute Gasteiger partial charge is 0.322 e. The summed E-state index contributed by atoms with van der Waals surface area (Å²) in [5.74, 6) is -0.745. The maximum atomic E-state index is 11.8. The number of aryl methyl sites for hydroxylation is 2. The molecule has 2 aromatic rings. The molecule has 7 nitrogen and oxygen atoms in total. The van der Waals surface area contributed by atoms with Gasteiger partial charge < -0.3 is 10.4 Å². The molecule has 136 valence electrons. The first kappa shape index (κ1) is 19.2. The molecule has 0 amide bonds. The Morgan fingerprint density at radius 1 is 1.19 bits per heavy atom. The minimum absolute atomic E-state index is 0.162. The molecule has 3 N–H and O–H groups in total. The zero-order valence-corrected chi connectivity index (χ0v) is 15.1. The number of hydrogen-bond acceptors (Lipinski definition) is 6. The summed E-state index contributed by atoms with van der Waals surface area (Å²) in [7, 11) is 0. The molecule has 0 bridgehead atoms. The maximum Gasteiger partial charge on any atom is 0.322 e.